The Morgan fingerprint density at radius 3 is 2.44 bits per heavy atom. The van der Waals surface area contributed by atoms with Gasteiger partial charge in [0.15, 0.2) is 0 Å². The first-order chi connectivity index (χ1) is 7.45. The van der Waals surface area contributed by atoms with Gasteiger partial charge >= 0.3 is 0 Å². The minimum atomic E-state index is 0.125. The van der Waals surface area contributed by atoms with E-state index in [1.165, 1.54) is 16.7 Å². The fraction of sp³-hybridized carbons (Fsp3) is 0.467. The van der Waals surface area contributed by atoms with Crippen LogP contribution in [0.4, 0.5) is 0 Å². The van der Waals surface area contributed by atoms with Crippen molar-refractivity contribution in [3.05, 3.63) is 41.0 Å². The van der Waals surface area contributed by atoms with E-state index < -0.39 is 0 Å². The van der Waals surface area contributed by atoms with E-state index in [9.17, 15) is 0 Å². The molecule has 1 aromatic carbocycles. The maximum Gasteiger partial charge on any atom is 0.123 e. The smallest absolute Gasteiger partial charge is 0.123 e. The SMILES string of the molecule is C=C(C)C(CC)Oc1cc(C)cc(C)c1C. The Kier molecular flexibility index (Phi) is 4.17. The summed E-state index contributed by atoms with van der Waals surface area (Å²) in [6, 6.07) is 4.29. The average Bonchev–Trinajstić information content (AvgIpc) is 2.20. The van der Waals surface area contributed by atoms with E-state index in [1.807, 2.05) is 6.92 Å². The molecule has 0 aromatic heterocycles. The van der Waals surface area contributed by atoms with E-state index in [2.05, 4.69) is 46.4 Å². The third-order valence-electron chi connectivity index (χ3n) is 2.95. The largest absolute Gasteiger partial charge is 0.486 e. The first-order valence-electron chi connectivity index (χ1n) is 5.85. The van der Waals surface area contributed by atoms with E-state index in [1.54, 1.807) is 0 Å². The molecular weight excluding hydrogens is 196 g/mol. The summed E-state index contributed by atoms with van der Waals surface area (Å²) < 4.78 is 6.02. The zero-order valence-electron chi connectivity index (χ0n) is 11.1. The number of rotatable bonds is 4. The lowest BCUT2D eigenvalue weighted by Crippen LogP contribution is -2.16. The zero-order valence-corrected chi connectivity index (χ0v) is 11.1. The summed E-state index contributed by atoms with van der Waals surface area (Å²) in [4.78, 5) is 0. The Morgan fingerprint density at radius 2 is 1.94 bits per heavy atom. The van der Waals surface area contributed by atoms with Crippen LogP contribution in [0.5, 0.6) is 5.75 Å². The van der Waals surface area contributed by atoms with Crippen molar-refractivity contribution in [1.82, 2.24) is 0 Å². The second-order valence-corrected chi connectivity index (χ2v) is 4.57. The predicted octanol–water partition coefficient (Wildman–Crippen LogP) is 4.35. The van der Waals surface area contributed by atoms with Crippen molar-refractivity contribution in [3.8, 4) is 5.75 Å². The molecule has 0 spiro atoms. The Hall–Kier alpha value is -1.24. The maximum absolute atomic E-state index is 6.02. The highest BCUT2D eigenvalue weighted by Crippen LogP contribution is 2.26. The molecule has 0 N–H and O–H groups in total. The van der Waals surface area contributed by atoms with Crippen LogP contribution in [0.2, 0.25) is 0 Å². The van der Waals surface area contributed by atoms with Gasteiger partial charge in [-0.1, -0.05) is 19.6 Å². The van der Waals surface area contributed by atoms with Crippen molar-refractivity contribution in [1.29, 1.82) is 0 Å². The molecule has 0 bridgehead atoms. The highest BCUT2D eigenvalue weighted by atomic mass is 16.5. The van der Waals surface area contributed by atoms with Crippen LogP contribution < -0.4 is 4.74 Å². The van der Waals surface area contributed by atoms with Crippen LogP contribution >= 0.6 is 0 Å². The van der Waals surface area contributed by atoms with Gasteiger partial charge in [0, 0.05) is 0 Å². The average molecular weight is 218 g/mol. The molecule has 0 aliphatic rings. The van der Waals surface area contributed by atoms with Crippen molar-refractivity contribution in [2.45, 2.75) is 47.1 Å². The van der Waals surface area contributed by atoms with E-state index in [0.29, 0.717) is 0 Å². The molecule has 0 amide bonds. The molecule has 16 heavy (non-hydrogen) atoms. The van der Waals surface area contributed by atoms with E-state index >= 15 is 0 Å². The molecule has 0 aliphatic heterocycles. The minimum Gasteiger partial charge on any atom is -0.486 e. The fourth-order valence-corrected chi connectivity index (χ4v) is 1.81. The van der Waals surface area contributed by atoms with Gasteiger partial charge in [-0.2, -0.15) is 0 Å². The number of hydrogen-bond acceptors (Lipinski definition) is 1. The molecule has 1 unspecified atom stereocenters. The van der Waals surface area contributed by atoms with Crippen LogP contribution in [-0.4, -0.2) is 6.10 Å². The van der Waals surface area contributed by atoms with Gasteiger partial charge in [-0.05, 0) is 62.4 Å². The predicted molar refractivity (Wildman–Crippen MR) is 70.2 cm³/mol. The summed E-state index contributed by atoms with van der Waals surface area (Å²) in [6.45, 7) is 14.4. The van der Waals surface area contributed by atoms with Gasteiger partial charge in [0.1, 0.15) is 11.9 Å². The lowest BCUT2D eigenvalue weighted by Gasteiger charge is -2.20. The standard InChI is InChI=1S/C15H22O/c1-7-14(10(2)3)16-15-9-11(4)8-12(5)13(15)6/h8-9,14H,2,7H2,1,3-6H3. The van der Waals surface area contributed by atoms with Crippen LogP contribution in [0.3, 0.4) is 0 Å². The van der Waals surface area contributed by atoms with Gasteiger partial charge in [0.25, 0.3) is 0 Å². The Balaban J connectivity index is 3.00. The summed E-state index contributed by atoms with van der Waals surface area (Å²) in [5.74, 6) is 0.993. The molecule has 0 heterocycles. The molecule has 1 rings (SSSR count). The van der Waals surface area contributed by atoms with E-state index in [4.69, 9.17) is 4.74 Å². The topological polar surface area (TPSA) is 9.23 Å². The zero-order chi connectivity index (χ0) is 12.3. The van der Waals surface area contributed by atoms with Crippen LogP contribution in [0.25, 0.3) is 0 Å². The molecule has 0 saturated heterocycles. The van der Waals surface area contributed by atoms with Crippen LogP contribution in [0.1, 0.15) is 37.0 Å². The number of benzene rings is 1. The molecule has 88 valence electrons. The molecule has 1 aromatic rings. The molecule has 0 saturated carbocycles. The molecule has 0 fully saturated rings. The second-order valence-electron chi connectivity index (χ2n) is 4.57. The second kappa shape index (κ2) is 5.20. The number of ether oxygens (including phenoxy) is 1. The van der Waals surface area contributed by atoms with Gasteiger partial charge in [-0.25, -0.2) is 0 Å². The molecular formula is C15H22O. The van der Waals surface area contributed by atoms with Crippen molar-refractivity contribution in [2.24, 2.45) is 0 Å². The third-order valence-corrected chi connectivity index (χ3v) is 2.95. The normalized spacial score (nSPS) is 12.3. The summed E-state index contributed by atoms with van der Waals surface area (Å²) in [7, 11) is 0. The number of aryl methyl sites for hydroxylation is 2. The van der Waals surface area contributed by atoms with E-state index in [-0.39, 0.29) is 6.10 Å². The molecule has 0 radical (unpaired) electrons. The monoisotopic (exact) mass is 218 g/mol. The van der Waals surface area contributed by atoms with Gasteiger partial charge in [-0.3, -0.25) is 0 Å². The highest BCUT2D eigenvalue weighted by Gasteiger charge is 2.11. The maximum atomic E-state index is 6.02. The lowest BCUT2D eigenvalue weighted by atomic mass is 10.1. The molecule has 1 nitrogen and oxygen atoms in total. The van der Waals surface area contributed by atoms with Crippen molar-refractivity contribution >= 4 is 0 Å². The third kappa shape index (κ3) is 2.88. The molecule has 1 atom stereocenters. The van der Waals surface area contributed by atoms with Crippen LogP contribution in [-0.2, 0) is 0 Å². The van der Waals surface area contributed by atoms with Crippen molar-refractivity contribution in [2.75, 3.05) is 0 Å². The molecule has 1 heteroatoms. The van der Waals surface area contributed by atoms with Gasteiger partial charge in [0.2, 0.25) is 0 Å². The minimum absolute atomic E-state index is 0.125. The summed E-state index contributed by atoms with van der Waals surface area (Å²) >= 11 is 0. The van der Waals surface area contributed by atoms with E-state index in [0.717, 1.165) is 17.7 Å². The lowest BCUT2D eigenvalue weighted by molar-refractivity contribution is 0.231. The van der Waals surface area contributed by atoms with Gasteiger partial charge in [-0.15, -0.1) is 0 Å². The first kappa shape index (κ1) is 12.8. The van der Waals surface area contributed by atoms with Crippen LogP contribution in [0.15, 0.2) is 24.3 Å². The first-order valence-corrected chi connectivity index (χ1v) is 5.85. The van der Waals surface area contributed by atoms with Gasteiger partial charge < -0.3 is 4.74 Å². The molecule has 0 aliphatic carbocycles. The van der Waals surface area contributed by atoms with Crippen molar-refractivity contribution in [3.63, 3.8) is 0 Å². The Morgan fingerprint density at radius 1 is 1.31 bits per heavy atom. The van der Waals surface area contributed by atoms with Crippen molar-refractivity contribution < 1.29 is 4.74 Å². The summed E-state index contributed by atoms with van der Waals surface area (Å²) in [6.07, 6.45) is 1.08. The quantitative estimate of drug-likeness (QED) is 0.683. The van der Waals surface area contributed by atoms with Crippen LogP contribution in [0, 0.1) is 20.8 Å². The summed E-state index contributed by atoms with van der Waals surface area (Å²) in [5.41, 5.74) is 4.84. The Labute approximate surface area is 99.1 Å². The highest BCUT2D eigenvalue weighted by molar-refractivity contribution is 5.42. The Bertz CT molecular complexity index is 391. The fourth-order valence-electron chi connectivity index (χ4n) is 1.81. The summed E-state index contributed by atoms with van der Waals surface area (Å²) in [5, 5.41) is 0. The van der Waals surface area contributed by atoms with Gasteiger partial charge in [0.05, 0.1) is 0 Å². The number of hydrogen-bond donors (Lipinski definition) is 0.